The molecule has 0 aliphatic rings. The zero-order valence-corrected chi connectivity index (χ0v) is 11.0. The lowest BCUT2D eigenvalue weighted by atomic mass is 10.2. The van der Waals surface area contributed by atoms with Crippen molar-refractivity contribution in [1.29, 1.82) is 0 Å². The van der Waals surface area contributed by atoms with Crippen molar-refractivity contribution in [1.82, 2.24) is 9.97 Å². The van der Waals surface area contributed by atoms with Gasteiger partial charge < -0.3 is 5.73 Å². The highest BCUT2D eigenvalue weighted by atomic mass is 79.9. The van der Waals surface area contributed by atoms with Crippen LogP contribution in [0.3, 0.4) is 0 Å². The quantitative estimate of drug-likeness (QED) is 0.682. The molecule has 0 amide bonds. The molecule has 0 unspecified atom stereocenters. The van der Waals surface area contributed by atoms with Gasteiger partial charge in [-0.15, -0.1) is 0 Å². The normalized spacial score (nSPS) is 10.4. The number of nitrogens with two attached hydrogens (primary N) is 1. The van der Waals surface area contributed by atoms with Crippen molar-refractivity contribution in [3.63, 3.8) is 0 Å². The molecule has 16 heavy (non-hydrogen) atoms. The second kappa shape index (κ2) is 4.84. The van der Waals surface area contributed by atoms with Gasteiger partial charge in [-0.05, 0) is 46.7 Å². The number of aromatic nitrogens is 2. The van der Waals surface area contributed by atoms with E-state index >= 15 is 0 Å². The smallest absolute Gasteiger partial charge is 0.195 e. The molecule has 2 N–H and O–H groups in total. The minimum atomic E-state index is 0.469. The minimum Gasteiger partial charge on any atom is -0.384 e. The van der Waals surface area contributed by atoms with E-state index in [9.17, 15) is 0 Å². The predicted octanol–water partition coefficient (Wildman–Crippen LogP) is 3.28. The largest absolute Gasteiger partial charge is 0.384 e. The van der Waals surface area contributed by atoms with Crippen LogP contribution in [0.2, 0.25) is 0 Å². The lowest BCUT2D eigenvalue weighted by Gasteiger charge is -2.02. The fourth-order valence-corrected chi connectivity index (χ4v) is 2.66. The van der Waals surface area contributed by atoms with Crippen molar-refractivity contribution in [3.05, 3.63) is 40.5 Å². The first-order chi connectivity index (χ1) is 7.63. The molecule has 82 valence electrons. The number of halogens is 1. The average Bonchev–Trinajstić information content (AvgIpc) is 2.15. The molecule has 0 radical (unpaired) electrons. The molecule has 0 aliphatic carbocycles. The highest BCUT2D eigenvalue weighted by Crippen LogP contribution is 2.26. The number of benzene rings is 1. The fourth-order valence-electron chi connectivity index (χ4n) is 1.24. The van der Waals surface area contributed by atoms with Crippen LogP contribution in [0.1, 0.15) is 5.56 Å². The summed E-state index contributed by atoms with van der Waals surface area (Å²) in [6.07, 6.45) is 0. The Hall–Kier alpha value is -1.07. The van der Waals surface area contributed by atoms with E-state index in [4.69, 9.17) is 5.73 Å². The lowest BCUT2D eigenvalue weighted by molar-refractivity contribution is 0.957. The van der Waals surface area contributed by atoms with Gasteiger partial charge in [0.15, 0.2) is 5.16 Å². The number of aryl methyl sites for hydroxylation is 1. The zero-order chi connectivity index (χ0) is 11.5. The van der Waals surface area contributed by atoms with Gasteiger partial charge in [0, 0.05) is 11.0 Å². The molecule has 0 aliphatic heterocycles. The van der Waals surface area contributed by atoms with Gasteiger partial charge in [-0.3, -0.25) is 0 Å². The van der Waals surface area contributed by atoms with Crippen LogP contribution in [0.25, 0.3) is 0 Å². The molecule has 0 saturated carbocycles. The van der Waals surface area contributed by atoms with Crippen LogP contribution in [0, 0.1) is 6.92 Å². The van der Waals surface area contributed by atoms with Crippen molar-refractivity contribution in [2.24, 2.45) is 0 Å². The van der Waals surface area contributed by atoms with E-state index < -0.39 is 0 Å². The molecule has 1 aromatic carbocycles. The predicted molar refractivity (Wildman–Crippen MR) is 69.4 cm³/mol. The van der Waals surface area contributed by atoms with Gasteiger partial charge in [-0.2, -0.15) is 0 Å². The molecule has 1 aromatic heterocycles. The van der Waals surface area contributed by atoms with E-state index in [1.165, 1.54) is 17.3 Å². The summed E-state index contributed by atoms with van der Waals surface area (Å²) in [5.74, 6) is 0.469. The van der Waals surface area contributed by atoms with Crippen molar-refractivity contribution in [2.45, 2.75) is 17.0 Å². The molecule has 0 saturated heterocycles. The van der Waals surface area contributed by atoms with E-state index in [1.807, 2.05) is 12.1 Å². The van der Waals surface area contributed by atoms with E-state index in [0.29, 0.717) is 15.6 Å². The Morgan fingerprint density at radius 1 is 1.25 bits per heavy atom. The Labute approximate surface area is 107 Å². The molecular formula is C11H10BrN3S. The molecule has 0 atom stereocenters. The Morgan fingerprint density at radius 3 is 2.75 bits per heavy atom. The summed E-state index contributed by atoms with van der Waals surface area (Å²) in [5, 5.41) is 0.650. The average molecular weight is 296 g/mol. The third-order valence-corrected chi connectivity index (χ3v) is 3.15. The molecule has 2 aromatic rings. The number of nitrogen functional groups attached to an aromatic ring is 1. The highest BCUT2D eigenvalue weighted by Gasteiger charge is 2.03. The maximum atomic E-state index is 5.65. The molecule has 0 bridgehead atoms. The van der Waals surface area contributed by atoms with Crippen molar-refractivity contribution >= 4 is 33.5 Å². The van der Waals surface area contributed by atoms with Gasteiger partial charge in [-0.25, -0.2) is 9.97 Å². The van der Waals surface area contributed by atoms with Crippen LogP contribution in [0.4, 0.5) is 5.82 Å². The van der Waals surface area contributed by atoms with Gasteiger partial charge in [-0.1, -0.05) is 17.7 Å². The van der Waals surface area contributed by atoms with E-state index in [-0.39, 0.29) is 0 Å². The maximum Gasteiger partial charge on any atom is 0.195 e. The minimum absolute atomic E-state index is 0.469. The Balaban J connectivity index is 2.27. The van der Waals surface area contributed by atoms with Crippen LogP contribution in [-0.2, 0) is 0 Å². The van der Waals surface area contributed by atoms with Gasteiger partial charge in [0.1, 0.15) is 10.4 Å². The van der Waals surface area contributed by atoms with Gasteiger partial charge in [0.2, 0.25) is 0 Å². The van der Waals surface area contributed by atoms with Crippen molar-refractivity contribution in [2.75, 3.05) is 5.73 Å². The van der Waals surface area contributed by atoms with Gasteiger partial charge >= 0.3 is 0 Å². The molecular weight excluding hydrogens is 286 g/mol. The lowest BCUT2D eigenvalue weighted by Crippen LogP contribution is -1.94. The van der Waals surface area contributed by atoms with Crippen LogP contribution < -0.4 is 5.73 Å². The van der Waals surface area contributed by atoms with Crippen LogP contribution in [0.5, 0.6) is 0 Å². The zero-order valence-electron chi connectivity index (χ0n) is 8.64. The molecule has 5 heteroatoms. The van der Waals surface area contributed by atoms with E-state index in [1.54, 1.807) is 6.07 Å². The summed E-state index contributed by atoms with van der Waals surface area (Å²) >= 11 is 4.79. The molecule has 1 heterocycles. The Bertz CT molecular complexity index is 496. The summed E-state index contributed by atoms with van der Waals surface area (Å²) in [7, 11) is 0. The SMILES string of the molecule is Cc1cccc(Sc2nc(N)cc(Br)n2)c1. The van der Waals surface area contributed by atoms with Gasteiger partial charge in [0.05, 0.1) is 0 Å². The third-order valence-electron chi connectivity index (χ3n) is 1.89. The monoisotopic (exact) mass is 295 g/mol. The summed E-state index contributed by atoms with van der Waals surface area (Å²) in [4.78, 5) is 9.51. The first kappa shape index (κ1) is 11.4. The fraction of sp³-hybridized carbons (Fsp3) is 0.0909. The summed E-state index contributed by atoms with van der Waals surface area (Å²) < 4.78 is 0.704. The summed E-state index contributed by atoms with van der Waals surface area (Å²) in [6, 6.07) is 9.86. The topological polar surface area (TPSA) is 51.8 Å². The van der Waals surface area contributed by atoms with Crippen molar-refractivity contribution < 1.29 is 0 Å². The van der Waals surface area contributed by atoms with Crippen LogP contribution in [-0.4, -0.2) is 9.97 Å². The first-order valence-electron chi connectivity index (χ1n) is 4.68. The maximum absolute atomic E-state index is 5.65. The third kappa shape index (κ3) is 2.96. The van der Waals surface area contributed by atoms with Crippen LogP contribution >= 0.6 is 27.7 Å². The summed E-state index contributed by atoms with van der Waals surface area (Å²) in [6.45, 7) is 2.06. The second-order valence-corrected chi connectivity index (χ2v) is 5.17. The van der Waals surface area contributed by atoms with Gasteiger partial charge in [0.25, 0.3) is 0 Å². The molecule has 0 spiro atoms. The van der Waals surface area contributed by atoms with Crippen LogP contribution in [0.15, 0.2) is 45.0 Å². The summed E-state index contributed by atoms with van der Waals surface area (Å²) in [5.41, 5.74) is 6.86. The molecule has 0 fully saturated rings. The van der Waals surface area contributed by atoms with E-state index in [2.05, 4.69) is 45.0 Å². The standard InChI is InChI=1S/C11H10BrN3S/c1-7-3-2-4-8(5-7)16-11-14-9(12)6-10(13)15-11/h2-6H,1H3,(H2,13,14,15). The number of hydrogen-bond donors (Lipinski definition) is 1. The Morgan fingerprint density at radius 2 is 2.06 bits per heavy atom. The number of hydrogen-bond acceptors (Lipinski definition) is 4. The molecule has 3 nitrogen and oxygen atoms in total. The van der Waals surface area contributed by atoms with E-state index in [0.717, 1.165) is 4.90 Å². The number of anilines is 1. The second-order valence-electron chi connectivity index (χ2n) is 3.32. The Kier molecular flexibility index (Phi) is 3.46. The molecule has 2 rings (SSSR count). The number of nitrogens with zero attached hydrogens (tertiary/aromatic N) is 2. The van der Waals surface area contributed by atoms with Crippen molar-refractivity contribution in [3.8, 4) is 0 Å². The first-order valence-corrected chi connectivity index (χ1v) is 6.29. The highest BCUT2D eigenvalue weighted by molar-refractivity contribution is 9.10. The number of rotatable bonds is 2.